The molecule has 8 heteroatoms. The molecule has 1 aliphatic heterocycles. The highest BCUT2D eigenvalue weighted by Crippen LogP contribution is 2.20. The minimum Gasteiger partial charge on any atom is -0.391 e. The van der Waals surface area contributed by atoms with Gasteiger partial charge in [0.05, 0.1) is 29.9 Å². The lowest BCUT2D eigenvalue weighted by Gasteiger charge is -2.23. The number of aromatic nitrogens is 1. The zero-order valence-electron chi connectivity index (χ0n) is 14.9. The quantitative estimate of drug-likeness (QED) is 0.801. The first-order chi connectivity index (χ1) is 13.0. The molecule has 1 fully saturated rings. The molecule has 2 aromatic rings. The molecule has 2 atom stereocenters. The number of aliphatic hydroxyl groups excluding tert-OH is 1. The number of aryl methyl sites for hydroxylation is 1. The van der Waals surface area contributed by atoms with Gasteiger partial charge in [0.2, 0.25) is 11.8 Å². The summed E-state index contributed by atoms with van der Waals surface area (Å²) in [5.74, 6) is -0.185. The molecule has 0 aliphatic carbocycles. The number of β-amino-alcohol motifs (C(OH)–C–C–N with tert-alkyl or cyclic N) is 1. The van der Waals surface area contributed by atoms with Gasteiger partial charge in [-0.25, -0.2) is 0 Å². The Morgan fingerprint density at radius 3 is 2.78 bits per heavy atom. The molecule has 2 heterocycles. The van der Waals surface area contributed by atoms with Crippen LogP contribution >= 0.6 is 0 Å². The average molecular weight is 368 g/mol. The first-order valence-corrected chi connectivity index (χ1v) is 8.62. The SMILES string of the molecule is Cc1cc(CC(=O)N2CC(O)CC2C(=O)NCc2ccc(C#N)cc2)on1. The summed E-state index contributed by atoms with van der Waals surface area (Å²) in [6, 6.07) is 9.86. The molecule has 1 aromatic carbocycles. The molecule has 1 aromatic heterocycles. The van der Waals surface area contributed by atoms with E-state index in [9.17, 15) is 14.7 Å². The number of nitriles is 1. The van der Waals surface area contributed by atoms with Gasteiger partial charge in [-0.2, -0.15) is 5.26 Å². The molecule has 0 spiro atoms. The van der Waals surface area contributed by atoms with Gasteiger partial charge in [-0.15, -0.1) is 0 Å². The molecule has 2 amide bonds. The Kier molecular flexibility index (Phi) is 5.52. The summed E-state index contributed by atoms with van der Waals surface area (Å²) in [6.07, 6.45) is -0.552. The van der Waals surface area contributed by atoms with Gasteiger partial charge in [-0.3, -0.25) is 9.59 Å². The maximum atomic E-state index is 12.6. The molecule has 140 valence electrons. The third-order valence-electron chi connectivity index (χ3n) is 4.45. The minimum atomic E-state index is -0.740. The highest BCUT2D eigenvalue weighted by Gasteiger charge is 2.38. The Bertz CT molecular complexity index is 869. The summed E-state index contributed by atoms with van der Waals surface area (Å²) in [6.45, 7) is 2.15. The highest BCUT2D eigenvalue weighted by atomic mass is 16.5. The summed E-state index contributed by atoms with van der Waals surface area (Å²) in [4.78, 5) is 26.5. The molecule has 27 heavy (non-hydrogen) atoms. The number of rotatable bonds is 5. The van der Waals surface area contributed by atoms with E-state index in [2.05, 4.69) is 10.5 Å². The minimum absolute atomic E-state index is 0.00698. The van der Waals surface area contributed by atoms with Crippen LogP contribution in [0, 0.1) is 18.3 Å². The van der Waals surface area contributed by atoms with Crippen molar-refractivity contribution >= 4 is 11.8 Å². The summed E-state index contributed by atoms with van der Waals surface area (Å²) >= 11 is 0. The van der Waals surface area contributed by atoms with Gasteiger partial charge >= 0.3 is 0 Å². The van der Waals surface area contributed by atoms with Gasteiger partial charge in [0.15, 0.2) is 0 Å². The molecule has 1 saturated heterocycles. The molecule has 2 N–H and O–H groups in total. The van der Waals surface area contributed by atoms with Crippen LogP contribution in [-0.4, -0.2) is 45.7 Å². The molecular formula is C19H20N4O4. The molecule has 8 nitrogen and oxygen atoms in total. The van der Waals surface area contributed by atoms with E-state index in [1.165, 1.54) is 4.90 Å². The highest BCUT2D eigenvalue weighted by molar-refractivity contribution is 5.89. The van der Waals surface area contributed by atoms with Gasteiger partial charge in [0.1, 0.15) is 11.8 Å². The van der Waals surface area contributed by atoms with E-state index in [-0.39, 0.29) is 37.7 Å². The Hall–Kier alpha value is -3.18. The summed E-state index contributed by atoms with van der Waals surface area (Å²) in [7, 11) is 0. The van der Waals surface area contributed by atoms with Crippen LogP contribution in [0.3, 0.4) is 0 Å². The number of aliphatic hydroxyl groups is 1. The van der Waals surface area contributed by atoms with Crippen LogP contribution in [0.25, 0.3) is 0 Å². The van der Waals surface area contributed by atoms with E-state index in [1.54, 1.807) is 37.3 Å². The second-order valence-corrected chi connectivity index (χ2v) is 6.59. The topological polar surface area (TPSA) is 119 Å². The zero-order valence-corrected chi connectivity index (χ0v) is 14.9. The predicted octanol–water partition coefficient (Wildman–Crippen LogP) is 0.675. The Labute approximate surface area is 156 Å². The number of carbonyl (C=O) groups excluding carboxylic acids is 2. The molecule has 0 bridgehead atoms. The van der Waals surface area contributed by atoms with Crippen LogP contribution < -0.4 is 5.32 Å². The zero-order chi connectivity index (χ0) is 19.4. The lowest BCUT2D eigenvalue weighted by Crippen LogP contribution is -2.46. The maximum absolute atomic E-state index is 12.6. The third kappa shape index (κ3) is 4.51. The largest absolute Gasteiger partial charge is 0.391 e. The second kappa shape index (κ2) is 8.01. The number of likely N-dealkylation sites (tertiary alicyclic amines) is 1. The van der Waals surface area contributed by atoms with Crippen LogP contribution in [0.1, 0.15) is 29.0 Å². The van der Waals surface area contributed by atoms with Crippen molar-refractivity contribution in [1.82, 2.24) is 15.4 Å². The normalized spacial score (nSPS) is 18.9. The van der Waals surface area contributed by atoms with E-state index in [1.807, 2.05) is 6.07 Å². The average Bonchev–Trinajstić information content (AvgIpc) is 3.25. The molecule has 2 unspecified atom stereocenters. The number of hydrogen-bond acceptors (Lipinski definition) is 6. The van der Waals surface area contributed by atoms with E-state index in [0.717, 1.165) is 5.56 Å². The predicted molar refractivity (Wildman–Crippen MR) is 94.1 cm³/mol. The molecule has 3 rings (SSSR count). The van der Waals surface area contributed by atoms with Crippen molar-refractivity contribution in [3.8, 4) is 6.07 Å². The number of hydrogen-bond donors (Lipinski definition) is 2. The molecule has 0 radical (unpaired) electrons. The Morgan fingerprint density at radius 2 is 2.15 bits per heavy atom. The number of carbonyl (C=O) groups is 2. The van der Waals surface area contributed by atoms with E-state index >= 15 is 0 Å². The fourth-order valence-corrected chi connectivity index (χ4v) is 3.09. The number of nitrogens with zero attached hydrogens (tertiary/aromatic N) is 3. The lowest BCUT2D eigenvalue weighted by atomic mass is 10.1. The summed E-state index contributed by atoms with van der Waals surface area (Å²) in [5.41, 5.74) is 2.07. The monoisotopic (exact) mass is 368 g/mol. The molecule has 1 aliphatic rings. The van der Waals surface area contributed by atoms with E-state index in [4.69, 9.17) is 9.78 Å². The smallest absolute Gasteiger partial charge is 0.243 e. The van der Waals surface area contributed by atoms with Crippen LogP contribution in [-0.2, 0) is 22.6 Å². The lowest BCUT2D eigenvalue weighted by molar-refractivity contribution is -0.138. The van der Waals surface area contributed by atoms with E-state index < -0.39 is 12.1 Å². The fraction of sp³-hybridized carbons (Fsp3) is 0.368. The molecule has 0 saturated carbocycles. The second-order valence-electron chi connectivity index (χ2n) is 6.59. The Morgan fingerprint density at radius 1 is 1.41 bits per heavy atom. The third-order valence-corrected chi connectivity index (χ3v) is 4.45. The number of amides is 2. The number of benzene rings is 1. The summed E-state index contributed by atoms with van der Waals surface area (Å²) < 4.78 is 5.06. The van der Waals surface area contributed by atoms with Crippen LogP contribution in [0.15, 0.2) is 34.9 Å². The first kappa shape index (κ1) is 18.6. The fourth-order valence-electron chi connectivity index (χ4n) is 3.09. The van der Waals surface area contributed by atoms with Crippen molar-refractivity contribution in [3.05, 3.63) is 52.9 Å². The van der Waals surface area contributed by atoms with Crippen molar-refractivity contribution in [2.75, 3.05) is 6.54 Å². The summed E-state index contributed by atoms with van der Waals surface area (Å²) in [5, 5.41) is 25.3. The van der Waals surface area contributed by atoms with Crippen molar-refractivity contribution < 1.29 is 19.2 Å². The molecular weight excluding hydrogens is 348 g/mol. The van der Waals surface area contributed by atoms with Gasteiger partial charge in [-0.05, 0) is 24.6 Å². The van der Waals surface area contributed by atoms with Crippen LogP contribution in [0.4, 0.5) is 0 Å². The first-order valence-electron chi connectivity index (χ1n) is 8.62. The maximum Gasteiger partial charge on any atom is 0.243 e. The van der Waals surface area contributed by atoms with Crippen molar-refractivity contribution in [2.24, 2.45) is 0 Å². The standard InChI is InChI=1S/C19H20N4O4/c1-12-6-16(27-22-12)8-18(25)23-11-15(24)7-17(23)19(26)21-10-14-4-2-13(9-20)3-5-14/h2-6,15,17,24H,7-8,10-11H2,1H3,(H,21,26). The van der Waals surface area contributed by atoms with Crippen molar-refractivity contribution in [1.29, 1.82) is 5.26 Å². The van der Waals surface area contributed by atoms with Crippen LogP contribution in [0.5, 0.6) is 0 Å². The van der Waals surface area contributed by atoms with Gasteiger partial charge in [0.25, 0.3) is 0 Å². The van der Waals surface area contributed by atoms with Gasteiger partial charge < -0.3 is 19.8 Å². The van der Waals surface area contributed by atoms with Gasteiger partial charge in [0, 0.05) is 25.6 Å². The Balaban J connectivity index is 1.61. The number of nitrogens with one attached hydrogen (secondary N) is 1. The van der Waals surface area contributed by atoms with Crippen molar-refractivity contribution in [2.45, 2.75) is 38.5 Å². The van der Waals surface area contributed by atoms with Gasteiger partial charge in [-0.1, -0.05) is 17.3 Å². The van der Waals surface area contributed by atoms with E-state index in [0.29, 0.717) is 17.0 Å². The van der Waals surface area contributed by atoms with Crippen molar-refractivity contribution in [3.63, 3.8) is 0 Å². The van der Waals surface area contributed by atoms with Crippen LogP contribution in [0.2, 0.25) is 0 Å².